The minimum absolute atomic E-state index is 0.215. The van der Waals surface area contributed by atoms with E-state index in [-0.39, 0.29) is 5.56 Å². The van der Waals surface area contributed by atoms with E-state index in [2.05, 4.69) is 10.9 Å². The summed E-state index contributed by atoms with van der Waals surface area (Å²) >= 11 is 0. The van der Waals surface area contributed by atoms with Crippen molar-refractivity contribution in [3.8, 4) is 5.75 Å². The molecule has 1 atom stereocenters. The molecule has 1 fully saturated rings. The van der Waals surface area contributed by atoms with Gasteiger partial charge in [0, 0.05) is 29.6 Å². The summed E-state index contributed by atoms with van der Waals surface area (Å²) in [6.45, 7) is 3.49. The first kappa shape index (κ1) is 19.0. The Labute approximate surface area is 155 Å². The molecule has 0 amide bonds. The standard InChI is InChI=1S/C20H28N2O3S/c1-4-22(14-15-8-6-5-7-9-15)26(3,24)16-10-11-17-18(12-16)20(23)21-13-19(17)25-2/h10-13,15H,3-9,14H2,1-2H3,(H,21,23). The molecule has 5 nitrogen and oxygen atoms in total. The van der Waals surface area contributed by atoms with E-state index >= 15 is 0 Å². The number of nitrogens with one attached hydrogen (secondary N) is 1. The Morgan fingerprint density at radius 2 is 2.00 bits per heavy atom. The molecule has 1 heterocycles. The number of ether oxygens (including phenoxy) is 1. The molecular formula is C20H28N2O3S. The van der Waals surface area contributed by atoms with Crippen LogP contribution in [0.5, 0.6) is 5.75 Å². The number of rotatable bonds is 6. The van der Waals surface area contributed by atoms with Crippen LogP contribution in [0.1, 0.15) is 39.0 Å². The predicted octanol–water partition coefficient (Wildman–Crippen LogP) is 3.43. The molecule has 1 unspecified atom stereocenters. The highest BCUT2D eigenvalue weighted by Gasteiger charge is 2.23. The second-order valence-corrected chi connectivity index (χ2v) is 9.29. The fourth-order valence-electron chi connectivity index (χ4n) is 3.84. The van der Waals surface area contributed by atoms with E-state index in [0.29, 0.717) is 33.9 Å². The lowest BCUT2D eigenvalue weighted by Crippen LogP contribution is -2.35. The Kier molecular flexibility index (Phi) is 5.73. The third-order valence-corrected chi connectivity index (χ3v) is 7.61. The topological polar surface area (TPSA) is 62.4 Å². The molecule has 0 radical (unpaired) electrons. The summed E-state index contributed by atoms with van der Waals surface area (Å²) in [5.74, 6) is 5.24. The van der Waals surface area contributed by atoms with E-state index in [0.717, 1.165) is 6.54 Å². The van der Waals surface area contributed by atoms with E-state index in [1.165, 1.54) is 32.1 Å². The highest BCUT2D eigenvalue weighted by Crippen LogP contribution is 2.29. The molecular weight excluding hydrogens is 348 g/mol. The first-order chi connectivity index (χ1) is 12.5. The third kappa shape index (κ3) is 3.67. The second-order valence-electron chi connectivity index (χ2n) is 7.02. The van der Waals surface area contributed by atoms with Crippen LogP contribution in [-0.4, -0.2) is 39.6 Å². The number of methoxy groups -OCH3 is 1. The van der Waals surface area contributed by atoms with Crippen LogP contribution in [0, 0.1) is 5.92 Å². The Hall–Kier alpha value is -1.79. The molecule has 3 rings (SSSR count). The van der Waals surface area contributed by atoms with Gasteiger partial charge in [-0.2, -0.15) is 0 Å². The van der Waals surface area contributed by atoms with Crippen LogP contribution in [0.15, 0.2) is 34.1 Å². The minimum Gasteiger partial charge on any atom is -0.495 e. The van der Waals surface area contributed by atoms with E-state index in [1.54, 1.807) is 25.4 Å². The van der Waals surface area contributed by atoms with Crippen molar-refractivity contribution in [2.45, 2.75) is 43.9 Å². The number of aromatic amines is 1. The number of benzene rings is 1. The lowest BCUT2D eigenvalue weighted by molar-refractivity contribution is 0.291. The Morgan fingerprint density at radius 1 is 1.27 bits per heavy atom. The average Bonchev–Trinajstić information content (AvgIpc) is 2.67. The van der Waals surface area contributed by atoms with Crippen molar-refractivity contribution in [1.29, 1.82) is 0 Å². The maximum atomic E-state index is 13.6. The highest BCUT2D eigenvalue weighted by atomic mass is 32.2. The van der Waals surface area contributed by atoms with Gasteiger partial charge in [0.15, 0.2) is 0 Å². The molecule has 1 N–H and O–H groups in total. The smallest absolute Gasteiger partial charge is 0.256 e. The lowest BCUT2D eigenvalue weighted by atomic mass is 9.89. The number of H-pyrrole nitrogens is 1. The van der Waals surface area contributed by atoms with E-state index in [9.17, 15) is 9.00 Å². The molecule has 1 aromatic heterocycles. The molecule has 6 heteroatoms. The highest BCUT2D eigenvalue weighted by molar-refractivity contribution is 7.98. The van der Waals surface area contributed by atoms with Crippen molar-refractivity contribution in [3.63, 3.8) is 0 Å². The zero-order valence-corrected chi connectivity index (χ0v) is 16.4. The maximum Gasteiger partial charge on any atom is 0.256 e. The molecule has 0 spiro atoms. The largest absolute Gasteiger partial charge is 0.495 e. The Morgan fingerprint density at radius 3 is 2.65 bits per heavy atom. The van der Waals surface area contributed by atoms with Gasteiger partial charge >= 0.3 is 0 Å². The fraction of sp³-hybridized carbons (Fsp3) is 0.500. The monoisotopic (exact) mass is 376 g/mol. The lowest BCUT2D eigenvalue weighted by Gasteiger charge is -2.31. The quantitative estimate of drug-likeness (QED) is 0.786. The van der Waals surface area contributed by atoms with E-state index in [4.69, 9.17) is 4.74 Å². The second kappa shape index (κ2) is 7.84. The summed E-state index contributed by atoms with van der Waals surface area (Å²) < 4.78 is 20.9. The van der Waals surface area contributed by atoms with Crippen LogP contribution in [0.3, 0.4) is 0 Å². The van der Waals surface area contributed by atoms with Crippen molar-refractivity contribution in [2.75, 3.05) is 20.2 Å². The summed E-state index contributed by atoms with van der Waals surface area (Å²) in [7, 11) is -1.07. The molecule has 142 valence electrons. The summed E-state index contributed by atoms with van der Waals surface area (Å²) in [6, 6.07) is 5.32. The maximum absolute atomic E-state index is 13.6. The van der Waals surface area contributed by atoms with Gasteiger partial charge in [0.2, 0.25) is 0 Å². The van der Waals surface area contributed by atoms with Crippen molar-refractivity contribution in [1.82, 2.24) is 9.29 Å². The van der Waals surface area contributed by atoms with Gasteiger partial charge < -0.3 is 9.72 Å². The average molecular weight is 377 g/mol. The molecule has 1 aliphatic carbocycles. The first-order valence-corrected chi connectivity index (χ1v) is 11.0. The van der Waals surface area contributed by atoms with Crippen molar-refractivity contribution in [2.24, 2.45) is 5.92 Å². The van der Waals surface area contributed by atoms with Gasteiger partial charge in [-0.25, -0.2) is 8.51 Å². The summed E-state index contributed by atoms with van der Waals surface area (Å²) in [4.78, 5) is 15.5. The minimum atomic E-state index is -2.64. The first-order valence-electron chi connectivity index (χ1n) is 9.29. The molecule has 1 saturated carbocycles. The summed E-state index contributed by atoms with van der Waals surface area (Å²) in [5, 5.41) is 1.19. The molecule has 0 aliphatic heterocycles. The zero-order chi connectivity index (χ0) is 18.7. The van der Waals surface area contributed by atoms with Gasteiger partial charge in [0.25, 0.3) is 5.56 Å². The van der Waals surface area contributed by atoms with Crippen LogP contribution < -0.4 is 10.3 Å². The molecule has 0 saturated heterocycles. The number of fused-ring (bicyclic) bond motifs is 1. The number of hydrogen-bond donors (Lipinski definition) is 1. The Balaban J connectivity index is 1.97. The van der Waals surface area contributed by atoms with Crippen LogP contribution in [0.2, 0.25) is 0 Å². The summed E-state index contributed by atoms with van der Waals surface area (Å²) in [5.41, 5.74) is -0.215. The number of hydrogen-bond acceptors (Lipinski definition) is 3. The van der Waals surface area contributed by atoms with Gasteiger partial charge in [-0.05, 0) is 42.8 Å². The number of nitrogens with zero attached hydrogens (tertiary/aromatic N) is 1. The van der Waals surface area contributed by atoms with Crippen LogP contribution in [0.25, 0.3) is 10.8 Å². The molecule has 1 aromatic carbocycles. The van der Waals surface area contributed by atoms with Gasteiger partial charge in [-0.3, -0.25) is 4.79 Å². The van der Waals surface area contributed by atoms with Crippen LogP contribution in [0.4, 0.5) is 0 Å². The van der Waals surface area contributed by atoms with Gasteiger partial charge in [-0.15, -0.1) is 0 Å². The molecule has 1 aliphatic rings. The molecule has 0 bridgehead atoms. The SMILES string of the molecule is C=S(=O)(c1ccc2c(OC)c[nH]c(=O)c2c1)N(CC)CC1CCCCC1. The van der Waals surface area contributed by atoms with E-state index in [1.807, 2.05) is 17.3 Å². The van der Waals surface area contributed by atoms with Crippen molar-refractivity contribution in [3.05, 3.63) is 34.7 Å². The number of aromatic nitrogens is 1. The van der Waals surface area contributed by atoms with Gasteiger partial charge in [-0.1, -0.05) is 26.2 Å². The van der Waals surface area contributed by atoms with Gasteiger partial charge in [0.05, 0.1) is 22.2 Å². The molecule has 26 heavy (non-hydrogen) atoms. The fourth-order valence-corrected chi connectivity index (χ4v) is 5.59. The van der Waals surface area contributed by atoms with Crippen molar-refractivity contribution < 1.29 is 8.95 Å². The zero-order valence-electron chi connectivity index (χ0n) is 15.6. The van der Waals surface area contributed by atoms with E-state index < -0.39 is 9.71 Å². The van der Waals surface area contributed by atoms with Crippen LogP contribution in [-0.2, 0) is 9.71 Å². The Bertz CT molecular complexity index is 928. The number of pyridine rings is 1. The predicted molar refractivity (Wildman–Crippen MR) is 108 cm³/mol. The molecule has 2 aromatic rings. The normalized spacial score (nSPS) is 18.1. The third-order valence-electron chi connectivity index (χ3n) is 5.38. The summed E-state index contributed by atoms with van der Waals surface area (Å²) in [6.07, 6.45) is 7.75. The van der Waals surface area contributed by atoms with Crippen molar-refractivity contribution >= 4 is 26.4 Å². The van der Waals surface area contributed by atoms with Crippen LogP contribution >= 0.6 is 0 Å². The van der Waals surface area contributed by atoms with Gasteiger partial charge in [0.1, 0.15) is 5.75 Å².